The van der Waals surface area contributed by atoms with E-state index in [2.05, 4.69) is 35.1 Å². The zero-order valence-corrected chi connectivity index (χ0v) is 87.6. The summed E-state index contributed by atoms with van der Waals surface area (Å²) in [5.74, 6) is -0.873. The maximum absolute atomic E-state index is 11.9. The van der Waals surface area contributed by atoms with Crippen LogP contribution in [0.2, 0.25) is 0 Å². The van der Waals surface area contributed by atoms with E-state index in [1.807, 2.05) is 95.3 Å². The average molecular weight is 2100 g/mol. The molecular weight excluding hydrogens is 1940 g/mol. The van der Waals surface area contributed by atoms with Crippen LogP contribution in [0.4, 0.5) is 0 Å². The highest BCUT2D eigenvalue weighted by molar-refractivity contribution is 5.80. The predicted molar refractivity (Wildman–Crippen MR) is 546 cm³/mol. The Hall–Kier alpha value is -10.6. The fraction of sp³-hybridized carbons (Fsp3) is 0.652. The Kier molecular flexibility index (Phi) is 46.6. The Bertz CT molecular complexity index is 5100. The fourth-order valence-corrected chi connectivity index (χ4v) is 24.8. The number of carbonyl (C=O) groups excluding carboxylic acids is 5. The van der Waals surface area contributed by atoms with Gasteiger partial charge in [0.05, 0.1) is 74.1 Å². The molecule has 5 saturated carbocycles. The van der Waals surface area contributed by atoms with E-state index in [4.69, 9.17) is 68.2 Å². The Labute approximate surface area is 877 Å². The number of carbonyl (C=O) groups is 10. The van der Waals surface area contributed by atoms with E-state index < -0.39 is 78.5 Å². The molecule has 5 fully saturated rings. The Balaban J connectivity index is 0.000000178. The summed E-state index contributed by atoms with van der Waals surface area (Å²) in [7, 11) is 0. The van der Waals surface area contributed by atoms with Crippen molar-refractivity contribution in [2.75, 3.05) is 52.9 Å². The quantitative estimate of drug-likeness (QED) is 0.00977. The molecule has 150 heavy (non-hydrogen) atoms. The van der Waals surface area contributed by atoms with Crippen molar-refractivity contribution < 1.29 is 172 Å². The third kappa shape index (κ3) is 34.2. The van der Waals surface area contributed by atoms with E-state index >= 15 is 0 Å². The molecule has 5 aromatic rings. The monoisotopic (exact) mass is 2100 g/mol. The van der Waals surface area contributed by atoms with Crippen molar-refractivity contribution in [1.82, 2.24) is 0 Å². The van der Waals surface area contributed by atoms with Crippen LogP contribution in [0.25, 0.3) is 0 Å². The molecule has 15 N–H and O–H groups in total. The molecule has 830 valence electrons. The van der Waals surface area contributed by atoms with Gasteiger partial charge in [0, 0.05) is 6.42 Å². The minimum absolute atomic E-state index is 0.0346. The average Bonchev–Trinajstić information content (AvgIpc) is 1.64. The second-order valence-electron chi connectivity index (χ2n) is 42.7. The van der Waals surface area contributed by atoms with Crippen molar-refractivity contribution in [2.24, 2.45) is 88.8 Å². The number of rotatable bonds is 48. The first kappa shape index (κ1) is 120. The number of benzene rings is 5. The molecule has 5 aromatic carbocycles. The fourth-order valence-electron chi connectivity index (χ4n) is 24.8. The summed E-state index contributed by atoms with van der Waals surface area (Å²) < 4.78 is 52.6. The van der Waals surface area contributed by atoms with Crippen molar-refractivity contribution in [3.8, 4) is 28.7 Å². The van der Waals surface area contributed by atoms with E-state index in [-0.39, 0.29) is 156 Å². The van der Waals surface area contributed by atoms with Crippen LogP contribution in [0.15, 0.2) is 91.0 Å². The van der Waals surface area contributed by atoms with Crippen LogP contribution in [0, 0.1) is 88.8 Å². The number of aliphatic carboxylic acids is 5. The first-order chi connectivity index (χ1) is 71.7. The van der Waals surface area contributed by atoms with Crippen LogP contribution in [-0.2, 0) is 136 Å². The molecule has 27 atom stereocenters. The van der Waals surface area contributed by atoms with Gasteiger partial charge in [0.2, 0.25) is 0 Å². The molecule has 15 rings (SSSR count). The minimum atomic E-state index is -1.21. The second-order valence-corrected chi connectivity index (χ2v) is 42.7. The van der Waals surface area contributed by atoms with Crippen molar-refractivity contribution in [3.05, 3.63) is 147 Å². The van der Waals surface area contributed by atoms with E-state index in [0.717, 1.165) is 224 Å². The highest BCUT2D eigenvalue weighted by atomic mass is 16.6. The molecular formula is C115H160O35. The molecule has 0 aliphatic heterocycles. The Morgan fingerprint density at radius 1 is 0.287 bits per heavy atom. The van der Waals surface area contributed by atoms with Crippen molar-refractivity contribution in [2.45, 2.75) is 334 Å². The highest BCUT2D eigenvalue weighted by Gasteiger charge is 2.51. The summed E-state index contributed by atoms with van der Waals surface area (Å²) >= 11 is 0. The van der Waals surface area contributed by atoms with E-state index in [1.54, 1.807) is 0 Å². The molecule has 0 heterocycles. The first-order valence-electron chi connectivity index (χ1n) is 54.2. The number of ether oxygens (including phenoxy) is 10. The van der Waals surface area contributed by atoms with Crippen LogP contribution in [0.1, 0.15) is 252 Å². The van der Waals surface area contributed by atoms with Crippen LogP contribution in [0.3, 0.4) is 0 Å². The van der Waals surface area contributed by atoms with Crippen LogP contribution in [0.5, 0.6) is 28.7 Å². The number of esters is 5. The lowest BCUT2D eigenvalue weighted by Gasteiger charge is -2.32. The molecule has 0 amide bonds. The first-order valence-corrected chi connectivity index (χ1v) is 54.2. The van der Waals surface area contributed by atoms with Crippen LogP contribution in [-0.4, -0.2) is 262 Å². The van der Waals surface area contributed by atoms with Gasteiger partial charge in [-0.1, -0.05) is 95.3 Å². The summed E-state index contributed by atoms with van der Waals surface area (Å²) in [4.78, 5) is 112. The second kappa shape index (κ2) is 58.5. The van der Waals surface area contributed by atoms with Crippen molar-refractivity contribution >= 4 is 59.7 Å². The Morgan fingerprint density at radius 2 is 0.513 bits per heavy atom. The molecule has 0 radical (unpaired) electrons. The van der Waals surface area contributed by atoms with Gasteiger partial charge in [-0.3, -0.25) is 9.59 Å². The van der Waals surface area contributed by atoms with E-state index in [1.165, 1.54) is 25.0 Å². The van der Waals surface area contributed by atoms with Crippen molar-refractivity contribution in [1.29, 1.82) is 0 Å². The van der Waals surface area contributed by atoms with Crippen molar-refractivity contribution in [3.63, 3.8) is 0 Å². The summed E-state index contributed by atoms with van der Waals surface area (Å²) in [6.45, 7) is 10.2. The number of carboxylic acid groups (broad SMARTS) is 5. The number of fused-ring (bicyclic) bond motifs is 10. The van der Waals surface area contributed by atoms with Gasteiger partial charge in [-0.25, -0.2) is 38.4 Å². The molecule has 0 spiro atoms. The van der Waals surface area contributed by atoms with Gasteiger partial charge in [0.1, 0.15) is 35.4 Å². The van der Waals surface area contributed by atoms with Crippen LogP contribution >= 0.6 is 0 Å². The normalized spacial score (nSPS) is 26.3. The maximum atomic E-state index is 11.9. The van der Waals surface area contributed by atoms with E-state index in [9.17, 15) is 99.0 Å². The largest absolute Gasteiger partial charge is 0.482 e. The lowest BCUT2D eigenvalue weighted by atomic mass is 9.73. The van der Waals surface area contributed by atoms with Gasteiger partial charge >= 0.3 is 59.7 Å². The third-order valence-electron chi connectivity index (χ3n) is 33.0. The SMILES string of the molecule is CC[C@H](O)CC[C@@H]1[C@H]2Cc3cccc(OCC(=O)OCC(=O)O)c3C[C@H]2C[C@H]1O.CC[C@H](O)CC[C@@H]1[C@H]2Cc3cccc(OCC(=O)OCCC(=O)O)c3C[C@H]2C[C@H]1O.CC[C@H](O)CC[C@@H]1[C@H]2Cc3cccc(OCC(=O)OCCCC(=O)O)c3C[C@H]2C[C@H]1O.CC[C@H](O)CC[C@@H]1[C@H]2Cc3cccc(OCC(=O)O[C@@H](C)C(=O)O)c3C[C@H]2C[C@H]1O.CC[C@H](O)CC[C@@H]1[C@H]2Cc3cccc(OCC(=O)O[C@H](C)C(=O)O)c3C[C@H]2C[C@H]1O. The minimum Gasteiger partial charge on any atom is -0.482 e. The number of aliphatic hydroxyl groups excluding tert-OH is 10. The van der Waals surface area contributed by atoms with Crippen LogP contribution < -0.4 is 23.7 Å². The number of hydrogen-bond donors (Lipinski definition) is 15. The summed E-state index contributed by atoms with van der Waals surface area (Å²) in [5.41, 5.74) is 11.2. The maximum Gasteiger partial charge on any atom is 0.345 e. The number of hydrogen-bond acceptors (Lipinski definition) is 30. The molecule has 0 unspecified atom stereocenters. The summed E-state index contributed by atoms with van der Waals surface area (Å²) in [5, 5.41) is 146. The lowest BCUT2D eigenvalue weighted by molar-refractivity contribution is -0.163. The zero-order valence-electron chi connectivity index (χ0n) is 87.6. The van der Waals surface area contributed by atoms with Gasteiger partial charge in [0.25, 0.3) is 0 Å². The van der Waals surface area contributed by atoms with Gasteiger partial charge in [0.15, 0.2) is 51.8 Å². The van der Waals surface area contributed by atoms with Gasteiger partial charge in [-0.2, -0.15) is 0 Å². The number of carboxylic acids is 5. The molecule has 0 bridgehead atoms. The third-order valence-corrected chi connectivity index (χ3v) is 33.0. The van der Waals surface area contributed by atoms with Gasteiger partial charge < -0.3 is 124 Å². The molecule has 0 aromatic heterocycles. The molecule has 10 aliphatic carbocycles. The zero-order chi connectivity index (χ0) is 109. The van der Waals surface area contributed by atoms with E-state index in [0.29, 0.717) is 101 Å². The molecule has 0 saturated heterocycles. The van der Waals surface area contributed by atoms with Gasteiger partial charge in [-0.15, -0.1) is 0 Å². The number of aliphatic hydroxyl groups is 10. The topological polar surface area (TPSA) is 566 Å². The predicted octanol–water partition coefficient (Wildman–Crippen LogP) is 11.7. The van der Waals surface area contributed by atoms with Gasteiger partial charge in [-0.05, 0) is 388 Å². The summed E-state index contributed by atoms with van der Waals surface area (Å²) in [6, 6.07) is 29.0. The molecule has 35 nitrogen and oxygen atoms in total. The molecule has 35 heteroatoms. The molecule has 10 aliphatic rings. The lowest BCUT2D eigenvalue weighted by Crippen LogP contribution is -2.29. The smallest absolute Gasteiger partial charge is 0.345 e. The Morgan fingerprint density at radius 3 is 0.733 bits per heavy atom. The highest BCUT2D eigenvalue weighted by Crippen LogP contribution is 2.55. The standard InChI is InChI=1S/C24H34O7.3C23H32O7.C22H30O7/c1-2-17(25)8-9-18-19-11-15-5-3-6-22(20(15)12-16(19)13-21(18)26)31-14-24(29)30-10-4-7-23(27)28;2*1-3-16(24)7-8-17-18-9-14-5-4-6-21(19(14)10-15(18)11-20(17)25)29-12-22(26)30-13(2)23(27)28;1-2-16(24)6-7-17-18-10-14-4-3-5-21(19(14)11-15(18)12-20(17)25)30-13-23(28)29-9-8-22(26)27;1-2-15(23)6-7-16-17-8-13-4-3-5-20(18(13)9-14(17)10-19(16)24)28-12-22(27)29-11-21(25)26/h3,5-6,16-19,21,25-26H,2,4,7-14H2,1H3,(H,27,28);2*4-6,13,15-18,20,24-25H,3,7-12H2,1-2H3,(H,27,28);3-5,15-18,20,24-25H,2,6-13H2,1H3,(H,26,27);3-5,14-17,19,23-24H,2,6-12H2,1H3,(H,25,26)/t16-,17-,18+,19-,21+;13-,15+,16+,17-,18+,20-;13-,15-,16-,17+,18-,20+;15-,16-,17+,18-,20+;14-,15-,16+,17-,19+/m01000/s1. The summed E-state index contributed by atoms with van der Waals surface area (Å²) in [6.07, 6.45) is 17.8.